The highest BCUT2D eigenvalue weighted by atomic mass is 32.2. The number of methoxy groups -OCH3 is 1. The van der Waals surface area contributed by atoms with Gasteiger partial charge in [0.05, 0.1) is 17.7 Å². The quantitative estimate of drug-likeness (QED) is 0.849. The minimum atomic E-state index is -0.212. The van der Waals surface area contributed by atoms with Gasteiger partial charge in [0.1, 0.15) is 5.75 Å². The Balaban J connectivity index is 1.90. The zero-order valence-corrected chi connectivity index (χ0v) is 15.1. The number of para-hydroxylation sites is 2. The molecular weight excluding hydrogens is 334 g/mol. The smallest absolute Gasteiger partial charge is 0.271 e. The summed E-state index contributed by atoms with van der Waals surface area (Å²) < 4.78 is 5.32. The van der Waals surface area contributed by atoms with Gasteiger partial charge >= 0.3 is 0 Å². The highest BCUT2D eigenvalue weighted by molar-refractivity contribution is 8.19. The molecule has 1 fully saturated rings. The SMILES string of the molecule is COc1ccccc1N1C(=N)SC(=Cc2ccc(N(C)C)cc2)C1=O. The van der Waals surface area contributed by atoms with Crippen LogP contribution in [0.4, 0.5) is 11.4 Å². The summed E-state index contributed by atoms with van der Waals surface area (Å²) in [6.45, 7) is 0. The van der Waals surface area contributed by atoms with Crippen molar-refractivity contribution in [1.82, 2.24) is 0 Å². The molecule has 0 unspecified atom stereocenters. The molecule has 0 aliphatic carbocycles. The lowest BCUT2D eigenvalue weighted by atomic mass is 10.2. The first-order chi connectivity index (χ1) is 12.0. The van der Waals surface area contributed by atoms with Crippen LogP contribution in [0, 0.1) is 5.41 Å². The van der Waals surface area contributed by atoms with Gasteiger partial charge in [0.2, 0.25) is 0 Å². The number of nitrogens with one attached hydrogen (secondary N) is 1. The fourth-order valence-corrected chi connectivity index (χ4v) is 3.39. The molecule has 2 aromatic carbocycles. The van der Waals surface area contributed by atoms with Crippen molar-refractivity contribution in [1.29, 1.82) is 5.41 Å². The van der Waals surface area contributed by atoms with Crippen LogP contribution in [0.1, 0.15) is 5.56 Å². The third-order valence-corrected chi connectivity index (χ3v) is 4.75. The average Bonchev–Trinajstić information content (AvgIpc) is 2.89. The van der Waals surface area contributed by atoms with E-state index in [0.29, 0.717) is 16.3 Å². The first-order valence-corrected chi connectivity index (χ1v) is 8.56. The van der Waals surface area contributed by atoms with E-state index < -0.39 is 0 Å². The van der Waals surface area contributed by atoms with Crippen molar-refractivity contribution in [2.45, 2.75) is 0 Å². The van der Waals surface area contributed by atoms with E-state index in [9.17, 15) is 4.79 Å². The Morgan fingerprint density at radius 2 is 1.80 bits per heavy atom. The van der Waals surface area contributed by atoms with Crippen molar-refractivity contribution in [3.05, 3.63) is 59.0 Å². The molecule has 6 heteroatoms. The predicted molar refractivity (Wildman–Crippen MR) is 105 cm³/mol. The molecule has 0 radical (unpaired) electrons. The number of rotatable bonds is 4. The summed E-state index contributed by atoms with van der Waals surface area (Å²) in [6, 6.07) is 15.1. The standard InChI is InChI=1S/C19H19N3O2S/c1-21(2)14-10-8-13(9-11-14)12-17-18(23)22(19(20)25-17)15-6-4-5-7-16(15)24-3/h4-12,20H,1-3H3. The molecule has 0 saturated carbocycles. The first-order valence-electron chi connectivity index (χ1n) is 7.74. The maximum Gasteiger partial charge on any atom is 0.271 e. The van der Waals surface area contributed by atoms with E-state index in [2.05, 4.69) is 0 Å². The monoisotopic (exact) mass is 353 g/mol. The van der Waals surface area contributed by atoms with E-state index in [1.807, 2.05) is 61.5 Å². The number of ether oxygens (including phenoxy) is 1. The molecule has 0 aromatic heterocycles. The second-order valence-corrected chi connectivity index (χ2v) is 6.74. The summed E-state index contributed by atoms with van der Waals surface area (Å²) in [7, 11) is 5.52. The molecule has 0 spiro atoms. The number of carbonyl (C=O) groups is 1. The maximum atomic E-state index is 12.8. The summed E-state index contributed by atoms with van der Waals surface area (Å²) in [4.78, 5) is 16.7. The number of anilines is 2. The predicted octanol–water partition coefficient (Wildman–Crippen LogP) is 3.82. The molecule has 1 heterocycles. The van der Waals surface area contributed by atoms with Crippen LogP contribution in [-0.2, 0) is 4.79 Å². The maximum absolute atomic E-state index is 12.8. The number of hydrogen-bond acceptors (Lipinski definition) is 5. The molecule has 2 aromatic rings. The summed E-state index contributed by atoms with van der Waals surface area (Å²) >= 11 is 1.16. The van der Waals surface area contributed by atoms with Crippen LogP contribution in [0.3, 0.4) is 0 Å². The van der Waals surface area contributed by atoms with E-state index in [1.165, 1.54) is 4.90 Å². The molecular formula is C19H19N3O2S. The van der Waals surface area contributed by atoms with Crippen LogP contribution in [0.2, 0.25) is 0 Å². The van der Waals surface area contributed by atoms with Crippen molar-refractivity contribution in [2.24, 2.45) is 0 Å². The molecule has 1 aliphatic heterocycles. The van der Waals surface area contributed by atoms with Crippen LogP contribution < -0.4 is 14.5 Å². The summed E-state index contributed by atoms with van der Waals surface area (Å²) in [5.41, 5.74) is 2.60. The van der Waals surface area contributed by atoms with Gasteiger partial charge < -0.3 is 9.64 Å². The zero-order chi connectivity index (χ0) is 18.0. The lowest BCUT2D eigenvalue weighted by Crippen LogP contribution is -2.28. The summed E-state index contributed by atoms with van der Waals surface area (Å²) in [5, 5.41) is 8.37. The van der Waals surface area contributed by atoms with Crippen molar-refractivity contribution >= 4 is 40.3 Å². The van der Waals surface area contributed by atoms with Gasteiger partial charge in [-0.3, -0.25) is 15.1 Å². The fraction of sp³-hybridized carbons (Fsp3) is 0.158. The summed E-state index contributed by atoms with van der Waals surface area (Å²) in [5.74, 6) is 0.356. The Labute approximate surface area is 151 Å². The van der Waals surface area contributed by atoms with E-state index in [-0.39, 0.29) is 11.1 Å². The molecule has 0 atom stereocenters. The molecule has 1 saturated heterocycles. The summed E-state index contributed by atoms with van der Waals surface area (Å²) in [6.07, 6.45) is 1.82. The van der Waals surface area contributed by atoms with E-state index in [1.54, 1.807) is 19.2 Å². The van der Waals surface area contributed by atoms with E-state index in [4.69, 9.17) is 10.1 Å². The van der Waals surface area contributed by atoms with Gasteiger partial charge in [0, 0.05) is 19.8 Å². The average molecular weight is 353 g/mol. The van der Waals surface area contributed by atoms with Crippen LogP contribution in [0.15, 0.2) is 53.4 Å². The molecule has 1 amide bonds. The molecule has 0 bridgehead atoms. The van der Waals surface area contributed by atoms with Crippen LogP contribution in [0.25, 0.3) is 6.08 Å². The van der Waals surface area contributed by atoms with Crippen LogP contribution >= 0.6 is 11.8 Å². The number of nitrogens with zero attached hydrogens (tertiary/aromatic N) is 2. The number of hydrogen-bond donors (Lipinski definition) is 1. The van der Waals surface area contributed by atoms with Crippen LogP contribution in [0.5, 0.6) is 5.75 Å². The Bertz CT molecular complexity index is 844. The lowest BCUT2D eigenvalue weighted by molar-refractivity contribution is -0.113. The zero-order valence-electron chi connectivity index (χ0n) is 14.3. The van der Waals surface area contributed by atoms with Gasteiger partial charge in [0.25, 0.3) is 5.91 Å². The van der Waals surface area contributed by atoms with Crippen LogP contribution in [-0.4, -0.2) is 32.3 Å². The van der Waals surface area contributed by atoms with E-state index >= 15 is 0 Å². The van der Waals surface area contributed by atoms with Gasteiger partial charge in [-0.05, 0) is 47.7 Å². The van der Waals surface area contributed by atoms with E-state index in [0.717, 1.165) is 23.0 Å². The third-order valence-electron chi connectivity index (χ3n) is 3.86. The van der Waals surface area contributed by atoms with Gasteiger partial charge in [0.15, 0.2) is 5.17 Å². The molecule has 128 valence electrons. The van der Waals surface area contributed by atoms with Gasteiger partial charge in [-0.2, -0.15) is 0 Å². The largest absolute Gasteiger partial charge is 0.495 e. The number of carbonyl (C=O) groups excluding carboxylic acids is 1. The minimum Gasteiger partial charge on any atom is -0.495 e. The second-order valence-electron chi connectivity index (χ2n) is 5.71. The van der Waals surface area contributed by atoms with Crippen molar-refractivity contribution in [2.75, 3.05) is 31.0 Å². The Hall–Kier alpha value is -2.73. The molecule has 1 aliphatic rings. The normalized spacial score (nSPS) is 15.8. The number of amides is 1. The van der Waals surface area contributed by atoms with Gasteiger partial charge in [-0.15, -0.1) is 0 Å². The topological polar surface area (TPSA) is 56.6 Å². The molecule has 5 nitrogen and oxygen atoms in total. The van der Waals surface area contributed by atoms with Crippen molar-refractivity contribution in [3.63, 3.8) is 0 Å². The van der Waals surface area contributed by atoms with Gasteiger partial charge in [-0.25, -0.2) is 0 Å². The fourth-order valence-electron chi connectivity index (χ4n) is 2.54. The number of thioether (sulfide) groups is 1. The Kier molecular flexibility index (Phi) is 4.81. The third kappa shape index (κ3) is 3.39. The van der Waals surface area contributed by atoms with Gasteiger partial charge in [-0.1, -0.05) is 24.3 Å². The lowest BCUT2D eigenvalue weighted by Gasteiger charge is -2.17. The second kappa shape index (κ2) is 7.03. The Morgan fingerprint density at radius 3 is 2.44 bits per heavy atom. The first kappa shape index (κ1) is 17.1. The molecule has 1 N–H and O–H groups in total. The highest BCUT2D eigenvalue weighted by Gasteiger charge is 2.35. The molecule has 25 heavy (non-hydrogen) atoms. The molecule has 3 rings (SSSR count). The van der Waals surface area contributed by atoms with Crippen molar-refractivity contribution < 1.29 is 9.53 Å². The minimum absolute atomic E-state index is 0.172. The highest BCUT2D eigenvalue weighted by Crippen LogP contribution is 2.39. The number of benzene rings is 2. The van der Waals surface area contributed by atoms with Crippen molar-refractivity contribution in [3.8, 4) is 5.75 Å². The Morgan fingerprint density at radius 1 is 1.12 bits per heavy atom. The number of amidine groups is 1.